The molecule has 1 amide bonds. The van der Waals surface area contributed by atoms with Crippen molar-refractivity contribution >= 4 is 5.91 Å². The van der Waals surface area contributed by atoms with E-state index in [1.807, 2.05) is 24.0 Å². The van der Waals surface area contributed by atoms with Crippen LogP contribution in [0.5, 0.6) is 0 Å². The van der Waals surface area contributed by atoms with Gasteiger partial charge in [0.05, 0.1) is 13.2 Å². The number of nitrogens with zero attached hydrogens (tertiary/aromatic N) is 1. The molecular formula is C15H21NO2. The van der Waals surface area contributed by atoms with Crippen LogP contribution in [0, 0.1) is 6.92 Å². The maximum absolute atomic E-state index is 12.5. The Morgan fingerprint density at radius 2 is 1.94 bits per heavy atom. The monoisotopic (exact) mass is 247 g/mol. The van der Waals surface area contributed by atoms with Crippen molar-refractivity contribution in [2.75, 3.05) is 26.3 Å². The second-order valence-corrected chi connectivity index (χ2v) is 5.13. The second-order valence-electron chi connectivity index (χ2n) is 5.13. The zero-order valence-corrected chi connectivity index (χ0v) is 11.4. The normalized spacial score (nSPS) is 16.1. The van der Waals surface area contributed by atoms with Crippen LogP contribution < -0.4 is 0 Å². The Kier molecular flexibility index (Phi) is 4.02. The van der Waals surface area contributed by atoms with Crippen LogP contribution in [0.2, 0.25) is 0 Å². The summed E-state index contributed by atoms with van der Waals surface area (Å²) in [6, 6.07) is 6.19. The first-order valence-corrected chi connectivity index (χ1v) is 6.57. The summed E-state index contributed by atoms with van der Waals surface area (Å²) in [5.74, 6) is 0.583. The highest BCUT2D eigenvalue weighted by molar-refractivity contribution is 5.96. The largest absolute Gasteiger partial charge is 0.378 e. The van der Waals surface area contributed by atoms with Gasteiger partial charge in [0.25, 0.3) is 5.91 Å². The van der Waals surface area contributed by atoms with E-state index >= 15 is 0 Å². The summed E-state index contributed by atoms with van der Waals surface area (Å²) in [6.45, 7) is 8.98. The molecule has 18 heavy (non-hydrogen) atoms. The van der Waals surface area contributed by atoms with Gasteiger partial charge in [-0.2, -0.15) is 0 Å². The van der Waals surface area contributed by atoms with Crippen LogP contribution in [-0.4, -0.2) is 37.1 Å². The molecule has 0 radical (unpaired) electrons. The molecule has 98 valence electrons. The molecule has 1 aliphatic rings. The fraction of sp³-hybridized carbons (Fsp3) is 0.533. The number of carbonyl (C=O) groups is 1. The molecule has 1 heterocycles. The third-order valence-electron chi connectivity index (χ3n) is 3.46. The fourth-order valence-corrected chi connectivity index (χ4v) is 2.17. The summed E-state index contributed by atoms with van der Waals surface area (Å²) in [5, 5.41) is 0. The first-order chi connectivity index (χ1) is 8.59. The summed E-state index contributed by atoms with van der Waals surface area (Å²) in [6.07, 6.45) is 0. The van der Waals surface area contributed by atoms with Gasteiger partial charge in [-0.1, -0.05) is 26.0 Å². The van der Waals surface area contributed by atoms with E-state index in [0.717, 1.165) is 11.1 Å². The van der Waals surface area contributed by atoms with E-state index in [0.29, 0.717) is 32.2 Å². The number of benzene rings is 1. The summed E-state index contributed by atoms with van der Waals surface area (Å²) in [7, 11) is 0. The van der Waals surface area contributed by atoms with Crippen molar-refractivity contribution in [2.45, 2.75) is 26.7 Å². The van der Waals surface area contributed by atoms with Crippen molar-refractivity contribution in [3.8, 4) is 0 Å². The molecule has 2 rings (SSSR count). The minimum atomic E-state index is 0.137. The predicted molar refractivity (Wildman–Crippen MR) is 72.0 cm³/mol. The number of ether oxygens (including phenoxy) is 1. The highest BCUT2D eigenvalue weighted by atomic mass is 16.5. The standard InChI is InChI=1S/C15H21NO2/c1-11(2)13-5-4-12(3)14(10-13)15(17)16-6-8-18-9-7-16/h4-5,10-11H,6-9H2,1-3H3. The number of carbonyl (C=O) groups excluding carboxylic acids is 1. The lowest BCUT2D eigenvalue weighted by atomic mass is 9.97. The van der Waals surface area contributed by atoms with Gasteiger partial charge >= 0.3 is 0 Å². The summed E-state index contributed by atoms with van der Waals surface area (Å²) in [5.41, 5.74) is 3.11. The average molecular weight is 247 g/mol. The Morgan fingerprint density at radius 3 is 2.56 bits per heavy atom. The maximum Gasteiger partial charge on any atom is 0.254 e. The number of hydrogen-bond donors (Lipinski definition) is 0. The lowest BCUT2D eigenvalue weighted by molar-refractivity contribution is 0.0302. The van der Waals surface area contributed by atoms with Crippen LogP contribution in [0.4, 0.5) is 0 Å². The first kappa shape index (κ1) is 13.1. The van der Waals surface area contributed by atoms with Crippen molar-refractivity contribution in [3.05, 3.63) is 34.9 Å². The summed E-state index contributed by atoms with van der Waals surface area (Å²) < 4.78 is 5.28. The Labute approximate surface area is 109 Å². The van der Waals surface area contributed by atoms with Gasteiger partial charge in [-0.15, -0.1) is 0 Å². The molecule has 1 fully saturated rings. The molecule has 1 aliphatic heterocycles. The van der Waals surface area contributed by atoms with Crippen LogP contribution in [0.25, 0.3) is 0 Å². The molecule has 0 aliphatic carbocycles. The third kappa shape index (κ3) is 2.72. The fourth-order valence-electron chi connectivity index (χ4n) is 2.17. The van der Waals surface area contributed by atoms with Crippen molar-refractivity contribution in [1.29, 1.82) is 0 Å². The van der Waals surface area contributed by atoms with Gasteiger partial charge in [-0.25, -0.2) is 0 Å². The quantitative estimate of drug-likeness (QED) is 0.804. The van der Waals surface area contributed by atoms with E-state index in [9.17, 15) is 4.79 Å². The van der Waals surface area contributed by atoms with E-state index < -0.39 is 0 Å². The number of hydrogen-bond acceptors (Lipinski definition) is 2. The van der Waals surface area contributed by atoms with E-state index in [2.05, 4.69) is 19.9 Å². The number of aryl methyl sites for hydroxylation is 1. The zero-order valence-electron chi connectivity index (χ0n) is 11.4. The van der Waals surface area contributed by atoms with Crippen LogP contribution in [-0.2, 0) is 4.74 Å². The molecular weight excluding hydrogens is 226 g/mol. The minimum Gasteiger partial charge on any atom is -0.378 e. The number of amides is 1. The highest BCUT2D eigenvalue weighted by Crippen LogP contribution is 2.20. The van der Waals surface area contributed by atoms with E-state index in [4.69, 9.17) is 4.74 Å². The van der Waals surface area contributed by atoms with E-state index in [-0.39, 0.29) is 5.91 Å². The summed E-state index contributed by atoms with van der Waals surface area (Å²) >= 11 is 0. The number of morpholine rings is 1. The lowest BCUT2D eigenvalue weighted by Crippen LogP contribution is -2.41. The van der Waals surface area contributed by atoms with Gasteiger partial charge in [0.2, 0.25) is 0 Å². The van der Waals surface area contributed by atoms with Crippen molar-refractivity contribution in [2.24, 2.45) is 0 Å². The van der Waals surface area contributed by atoms with E-state index in [1.165, 1.54) is 5.56 Å². The van der Waals surface area contributed by atoms with Crippen LogP contribution >= 0.6 is 0 Å². The molecule has 1 aromatic rings. The molecule has 0 saturated carbocycles. The van der Waals surface area contributed by atoms with Gasteiger partial charge in [-0.3, -0.25) is 4.79 Å². The maximum atomic E-state index is 12.5. The summed E-state index contributed by atoms with van der Waals surface area (Å²) in [4.78, 5) is 14.4. The van der Waals surface area contributed by atoms with E-state index in [1.54, 1.807) is 0 Å². The Balaban J connectivity index is 2.25. The Hall–Kier alpha value is -1.35. The topological polar surface area (TPSA) is 29.5 Å². The van der Waals surface area contributed by atoms with Gasteiger partial charge in [0.15, 0.2) is 0 Å². The molecule has 0 unspecified atom stereocenters. The van der Waals surface area contributed by atoms with Crippen molar-refractivity contribution in [3.63, 3.8) is 0 Å². The van der Waals surface area contributed by atoms with Crippen LogP contribution in [0.1, 0.15) is 41.3 Å². The molecule has 0 spiro atoms. The Bertz CT molecular complexity index is 434. The molecule has 0 atom stereocenters. The average Bonchev–Trinajstić information content (AvgIpc) is 2.39. The molecule has 1 saturated heterocycles. The molecule has 0 N–H and O–H groups in total. The molecule has 3 nitrogen and oxygen atoms in total. The predicted octanol–water partition coefficient (Wildman–Crippen LogP) is 2.59. The lowest BCUT2D eigenvalue weighted by Gasteiger charge is -2.27. The van der Waals surface area contributed by atoms with Crippen LogP contribution in [0.3, 0.4) is 0 Å². The SMILES string of the molecule is Cc1ccc(C(C)C)cc1C(=O)N1CCOCC1. The van der Waals surface area contributed by atoms with Crippen molar-refractivity contribution in [1.82, 2.24) is 4.90 Å². The minimum absolute atomic E-state index is 0.137. The Morgan fingerprint density at radius 1 is 1.28 bits per heavy atom. The third-order valence-corrected chi connectivity index (χ3v) is 3.46. The zero-order chi connectivity index (χ0) is 13.1. The van der Waals surface area contributed by atoms with Gasteiger partial charge < -0.3 is 9.64 Å². The van der Waals surface area contributed by atoms with Gasteiger partial charge in [0, 0.05) is 18.7 Å². The highest BCUT2D eigenvalue weighted by Gasteiger charge is 2.20. The molecule has 0 aromatic heterocycles. The van der Waals surface area contributed by atoms with Gasteiger partial charge in [-0.05, 0) is 30.0 Å². The second kappa shape index (κ2) is 5.53. The first-order valence-electron chi connectivity index (χ1n) is 6.57. The molecule has 1 aromatic carbocycles. The van der Waals surface area contributed by atoms with Gasteiger partial charge in [0.1, 0.15) is 0 Å². The van der Waals surface area contributed by atoms with Crippen LogP contribution in [0.15, 0.2) is 18.2 Å². The molecule has 0 bridgehead atoms. The smallest absolute Gasteiger partial charge is 0.254 e. The molecule has 3 heteroatoms. The number of rotatable bonds is 2. The van der Waals surface area contributed by atoms with Crippen molar-refractivity contribution < 1.29 is 9.53 Å².